The Kier molecular flexibility index (Phi) is 5.08. The third-order valence-corrected chi connectivity index (χ3v) is 3.63. The molecule has 0 saturated carbocycles. The summed E-state index contributed by atoms with van der Waals surface area (Å²) in [6.07, 6.45) is 0. The van der Waals surface area contributed by atoms with Crippen LogP contribution in [0.3, 0.4) is 0 Å². The van der Waals surface area contributed by atoms with Crippen molar-refractivity contribution in [3.8, 4) is 5.75 Å². The molecule has 1 fully saturated rings. The topological polar surface area (TPSA) is 44.7 Å². The van der Waals surface area contributed by atoms with E-state index in [-0.39, 0.29) is 11.3 Å². The van der Waals surface area contributed by atoms with Crippen LogP contribution in [0.5, 0.6) is 5.75 Å². The Labute approximate surface area is 121 Å². The number of hydrogen-bond donors (Lipinski definition) is 2. The first-order valence-corrected chi connectivity index (χ1v) is 6.76. The van der Waals surface area contributed by atoms with Gasteiger partial charge in [0, 0.05) is 37.8 Å². The first kappa shape index (κ1) is 16.1. The van der Waals surface area contributed by atoms with E-state index in [0.717, 1.165) is 6.07 Å². The van der Waals surface area contributed by atoms with Gasteiger partial charge in [-0.25, -0.2) is 13.2 Å². The van der Waals surface area contributed by atoms with E-state index in [1.807, 2.05) is 0 Å². The van der Waals surface area contributed by atoms with Crippen LogP contribution in [0.4, 0.5) is 13.2 Å². The number of aliphatic hydroxyl groups excluding tert-OH is 1. The van der Waals surface area contributed by atoms with Gasteiger partial charge in [-0.3, -0.25) is 4.90 Å². The van der Waals surface area contributed by atoms with Crippen molar-refractivity contribution < 1.29 is 23.0 Å². The average Bonchev–Trinajstić information content (AvgIpc) is 2.50. The number of hydrogen-bond acceptors (Lipinski definition) is 4. The number of aliphatic hydroxyl groups is 1. The van der Waals surface area contributed by atoms with Crippen LogP contribution in [0.2, 0.25) is 0 Å². The zero-order chi connectivity index (χ0) is 15.5. The van der Waals surface area contributed by atoms with Crippen LogP contribution < -0.4 is 10.1 Å². The van der Waals surface area contributed by atoms with E-state index in [9.17, 15) is 13.2 Å². The molecule has 1 aliphatic rings. The van der Waals surface area contributed by atoms with Crippen LogP contribution >= 0.6 is 0 Å². The molecule has 1 atom stereocenters. The molecule has 4 nitrogen and oxygen atoms in total. The molecule has 0 amide bonds. The fourth-order valence-corrected chi connectivity index (χ4v) is 2.57. The lowest BCUT2D eigenvalue weighted by molar-refractivity contribution is -0.119. The van der Waals surface area contributed by atoms with Crippen molar-refractivity contribution >= 4 is 0 Å². The van der Waals surface area contributed by atoms with Crippen molar-refractivity contribution in [2.24, 2.45) is 0 Å². The maximum absolute atomic E-state index is 14.2. The van der Waals surface area contributed by atoms with Gasteiger partial charge in [0.25, 0.3) is 5.92 Å². The van der Waals surface area contributed by atoms with Gasteiger partial charge in [0.1, 0.15) is 24.2 Å². The predicted octanol–water partition coefficient (Wildman–Crippen LogP) is 1.41. The predicted molar refractivity (Wildman–Crippen MR) is 72.2 cm³/mol. The highest BCUT2D eigenvalue weighted by Crippen LogP contribution is 2.38. The number of benzene rings is 1. The largest absolute Gasteiger partial charge is 0.497 e. The van der Waals surface area contributed by atoms with Crippen LogP contribution in [0.25, 0.3) is 0 Å². The van der Waals surface area contributed by atoms with E-state index in [1.54, 1.807) is 0 Å². The van der Waals surface area contributed by atoms with Crippen molar-refractivity contribution in [3.63, 3.8) is 0 Å². The van der Waals surface area contributed by atoms with Gasteiger partial charge in [-0.2, -0.15) is 0 Å². The first-order chi connectivity index (χ1) is 9.99. The van der Waals surface area contributed by atoms with Gasteiger partial charge in [-0.15, -0.1) is 0 Å². The monoisotopic (exact) mass is 304 g/mol. The molecule has 0 radical (unpaired) electrons. The van der Waals surface area contributed by atoms with Gasteiger partial charge in [-0.05, 0) is 6.07 Å². The Balaban J connectivity index is 2.39. The summed E-state index contributed by atoms with van der Waals surface area (Å²) in [5.41, 5.74) is -0.128. The molecule has 2 N–H and O–H groups in total. The summed E-state index contributed by atoms with van der Waals surface area (Å²) in [7, 11) is 1.38. The summed E-state index contributed by atoms with van der Waals surface area (Å²) in [4.78, 5) is 1.50. The maximum atomic E-state index is 14.2. The lowest BCUT2D eigenvalue weighted by Gasteiger charge is -2.38. The summed E-state index contributed by atoms with van der Waals surface area (Å²) >= 11 is 0. The molecule has 1 aliphatic heterocycles. The third-order valence-electron chi connectivity index (χ3n) is 3.63. The Bertz CT molecular complexity index is 479. The van der Waals surface area contributed by atoms with Crippen molar-refractivity contribution in [3.05, 3.63) is 29.6 Å². The van der Waals surface area contributed by atoms with E-state index in [2.05, 4.69) is 5.32 Å². The van der Waals surface area contributed by atoms with Gasteiger partial charge in [0.15, 0.2) is 0 Å². The highest BCUT2D eigenvalue weighted by molar-refractivity contribution is 5.32. The molecule has 1 aromatic carbocycles. The second kappa shape index (κ2) is 6.64. The van der Waals surface area contributed by atoms with Crippen LogP contribution in [0.1, 0.15) is 11.6 Å². The number of rotatable bonds is 5. The van der Waals surface area contributed by atoms with Crippen molar-refractivity contribution in [1.29, 1.82) is 0 Å². The average molecular weight is 304 g/mol. The fourth-order valence-electron chi connectivity index (χ4n) is 2.57. The minimum absolute atomic E-state index is 0.128. The summed E-state index contributed by atoms with van der Waals surface area (Å²) in [5.74, 6) is -3.92. The molecule has 2 rings (SSSR count). The van der Waals surface area contributed by atoms with E-state index in [1.165, 1.54) is 24.1 Å². The zero-order valence-electron chi connectivity index (χ0n) is 11.8. The Morgan fingerprint density at radius 2 is 2.05 bits per heavy atom. The smallest absolute Gasteiger partial charge is 0.290 e. The summed E-state index contributed by atoms with van der Waals surface area (Å²) < 4.78 is 47.3. The molecule has 0 aliphatic carbocycles. The number of methoxy groups -OCH3 is 1. The lowest BCUT2D eigenvalue weighted by Crippen LogP contribution is -2.51. The fraction of sp³-hybridized carbons (Fsp3) is 0.571. The molecule has 7 heteroatoms. The number of nitrogens with zero attached hydrogens (tertiary/aromatic N) is 1. The van der Waals surface area contributed by atoms with Crippen molar-refractivity contribution in [1.82, 2.24) is 10.2 Å². The standard InChI is InChI=1S/C14H19F3N2O2/c1-21-10-2-3-11(12(15)8-10)13(14(16,17)9-20)19-6-4-18-5-7-19/h2-3,8,13,18,20H,4-7,9H2,1H3/t13-/m0/s1. The van der Waals surface area contributed by atoms with Crippen LogP contribution in [0, 0.1) is 5.82 Å². The van der Waals surface area contributed by atoms with E-state index < -0.39 is 24.4 Å². The SMILES string of the molecule is COc1ccc([C@H](N2CCNCC2)C(F)(F)CO)c(F)c1. The van der Waals surface area contributed by atoms with Crippen molar-refractivity contribution in [2.75, 3.05) is 39.9 Å². The number of ether oxygens (including phenoxy) is 1. The molecule has 21 heavy (non-hydrogen) atoms. The molecule has 0 unspecified atom stereocenters. The summed E-state index contributed by atoms with van der Waals surface area (Å²) in [6, 6.07) is 2.33. The van der Waals surface area contributed by atoms with Crippen LogP contribution in [-0.2, 0) is 0 Å². The number of alkyl halides is 2. The second-order valence-electron chi connectivity index (χ2n) is 5.00. The van der Waals surface area contributed by atoms with Gasteiger partial charge in [0.05, 0.1) is 7.11 Å². The minimum atomic E-state index is -3.42. The Morgan fingerprint density at radius 3 is 2.57 bits per heavy atom. The molecular weight excluding hydrogens is 285 g/mol. The number of halogens is 3. The molecule has 0 aromatic heterocycles. The molecule has 0 spiro atoms. The minimum Gasteiger partial charge on any atom is -0.497 e. The normalized spacial score (nSPS) is 18.5. The van der Waals surface area contributed by atoms with E-state index >= 15 is 0 Å². The second-order valence-corrected chi connectivity index (χ2v) is 5.00. The highest BCUT2D eigenvalue weighted by Gasteiger charge is 2.45. The summed E-state index contributed by atoms with van der Waals surface area (Å²) in [6.45, 7) is 0.510. The Morgan fingerprint density at radius 1 is 1.38 bits per heavy atom. The first-order valence-electron chi connectivity index (χ1n) is 6.76. The van der Waals surface area contributed by atoms with Gasteiger partial charge in [0.2, 0.25) is 0 Å². The molecule has 118 valence electrons. The van der Waals surface area contributed by atoms with Gasteiger partial charge >= 0.3 is 0 Å². The van der Waals surface area contributed by atoms with Crippen molar-refractivity contribution in [2.45, 2.75) is 12.0 Å². The summed E-state index contributed by atoms with van der Waals surface area (Å²) in [5, 5.41) is 12.1. The third kappa shape index (κ3) is 3.48. The number of nitrogens with one attached hydrogen (secondary N) is 1. The molecular formula is C14H19F3N2O2. The number of piperazine rings is 1. The van der Waals surface area contributed by atoms with E-state index in [0.29, 0.717) is 26.2 Å². The van der Waals surface area contributed by atoms with Crippen LogP contribution in [-0.4, -0.2) is 55.8 Å². The Hall–Kier alpha value is -1.31. The quantitative estimate of drug-likeness (QED) is 0.863. The lowest BCUT2D eigenvalue weighted by atomic mass is 9.97. The molecule has 1 heterocycles. The van der Waals surface area contributed by atoms with Crippen LogP contribution in [0.15, 0.2) is 18.2 Å². The van der Waals surface area contributed by atoms with Gasteiger partial charge in [-0.1, -0.05) is 6.07 Å². The maximum Gasteiger partial charge on any atom is 0.290 e. The molecule has 1 aromatic rings. The molecule has 0 bridgehead atoms. The highest BCUT2D eigenvalue weighted by atomic mass is 19.3. The zero-order valence-corrected chi connectivity index (χ0v) is 11.8. The van der Waals surface area contributed by atoms with Gasteiger partial charge < -0.3 is 15.2 Å². The van der Waals surface area contributed by atoms with E-state index in [4.69, 9.17) is 9.84 Å². The molecule has 1 saturated heterocycles.